The summed E-state index contributed by atoms with van der Waals surface area (Å²) in [6.07, 6.45) is 5.07. The number of rotatable bonds is 6. The molecular formula is C19H22ClN3OS. The van der Waals surface area contributed by atoms with Gasteiger partial charge in [0.1, 0.15) is 0 Å². The quantitative estimate of drug-likeness (QED) is 0.616. The molecule has 1 aliphatic rings. The van der Waals surface area contributed by atoms with Gasteiger partial charge in [0.15, 0.2) is 0 Å². The van der Waals surface area contributed by atoms with Crippen molar-refractivity contribution >= 4 is 29.3 Å². The first-order chi connectivity index (χ1) is 12.2. The summed E-state index contributed by atoms with van der Waals surface area (Å²) in [4.78, 5) is 20.1. The molecular weight excluding hydrogens is 354 g/mol. The fraction of sp³-hybridized carbons (Fsp3) is 0.368. The van der Waals surface area contributed by atoms with E-state index in [1.807, 2.05) is 47.5 Å². The van der Waals surface area contributed by atoms with Crippen LogP contribution < -0.4 is 5.32 Å². The number of nitrogens with zero attached hydrogens (tertiary/aromatic N) is 2. The van der Waals surface area contributed by atoms with Crippen molar-refractivity contribution in [3.63, 3.8) is 0 Å². The number of carbonyl (C=O) groups excluding carboxylic acids is 1. The lowest BCUT2D eigenvalue weighted by Crippen LogP contribution is -2.48. The van der Waals surface area contributed by atoms with Gasteiger partial charge < -0.3 is 10.2 Å². The molecule has 1 unspecified atom stereocenters. The third kappa shape index (κ3) is 5.21. The molecule has 0 bridgehead atoms. The molecule has 0 spiro atoms. The van der Waals surface area contributed by atoms with Crippen molar-refractivity contribution in [2.75, 3.05) is 25.4 Å². The second-order valence-electron chi connectivity index (χ2n) is 6.00. The van der Waals surface area contributed by atoms with Crippen LogP contribution in [0.5, 0.6) is 0 Å². The van der Waals surface area contributed by atoms with E-state index in [0.29, 0.717) is 6.42 Å². The zero-order chi connectivity index (χ0) is 17.5. The maximum atomic E-state index is 12.7. The standard InChI is InChI=1S/C19H22ClN3OS/c20-16-5-7-17(8-6-16)25-12-2-4-19(24)23-11-10-22-14-18(23)15-3-1-9-21-13-15/h1,3,5-9,13,18,22H,2,4,10-12,14H2. The van der Waals surface area contributed by atoms with Crippen molar-refractivity contribution in [3.05, 3.63) is 59.4 Å². The van der Waals surface area contributed by atoms with Crippen LogP contribution in [0.25, 0.3) is 0 Å². The molecule has 1 atom stereocenters. The fourth-order valence-electron chi connectivity index (χ4n) is 2.96. The van der Waals surface area contributed by atoms with Crippen molar-refractivity contribution in [2.24, 2.45) is 0 Å². The number of aromatic nitrogens is 1. The number of halogens is 1. The monoisotopic (exact) mass is 375 g/mol. The molecule has 1 aromatic carbocycles. The summed E-state index contributed by atoms with van der Waals surface area (Å²) < 4.78 is 0. The van der Waals surface area contributed by atoms with Gasteiger partial charge in [-0.3, -0.25) is 9.78 Å². The Bertz CT molecular complexity index is 681. The van der Waals surface area contributed by atoms with Gasteiger partial charge in [0.25, 0.3) is 0 Å². The van der Waals surface area contributed by atoms with E-state index in [-0.39, 0.29) is 11.9 Å². The Kier molecular flexibility index (Phi) is 6.73. The van der Waals surface area contributed by atoms with Crippen LogP contribution >= 0.6 is 23.4 Å². The minimum Gasteiger partial charge on any atom is -0.333 e. The summed E-state index contributed by atoms with van der Waals surface area (Å²) in [5, 5.41) is 4.12. The molecule has 132 valence electrons. The lowest BCUT2D eigenvalue weighted by atomic mass is 10.0. The van der Waals surface area contributed by atoms with E-state index < -0.39 is 0 Å². The molecule has 1 aliphatic heterocycles. The lowest BCUT2D eigenvalue weighted by molar-refractivity contribution is -0.134. The molecule has 1 N–H and O–H groups in total. The number of amides is 1. The Morgan fingerprint density at radius 2 is 2.16 bits per heavy atom. The van der Waals surface area contributed by atoms with Crippen molar-refractivity contribution in [1.29, 1.82) is 0 Å². The SMILES string of the molecule is O=C(CCCSc1ccc(Cl)cc1)N1CCNCC1c1cccnc1. The Balaban J connectivity index is 1.50. The number of benzene rings is 1. The summed E-state index contributed by atoms with van der Waals surface area (Å²) in [5.41, 5.74) is 1.10. The number of thioether (sulfide) groups is 1. The molecule has 1 saturated heterocycles. The van der Waals surface area contributed by atoms with E-state index in [4.69, 9.17) is 11.6 Å². The molecule has 2 heterocycles. The largest absolute Gasteiger partial charge is 0.333 e. The molecule has 2 aromatic rings. The molecule has 0 aliphatic carbocycles. The Morgan fingerprint density at radius 3 is 2.92 bits per heavy atom. The summed E-state index contributed by atoms with van der Waals surface area (Å²) >= 11 is 7.66. The van der Waals surface area contributed by atoms with Crippen LogP contribution in [0.3, 0.4) is 0 Å². The molecule has 1 aromatic heterocycles. The van der Waals surface area contributed by atoms with E-state index in [9.17, 15) is 4.79 Å². The van der Waals surface area contributed by atoms with Crippen molar-refractivity contribution in [2.45, 2.75) is 23.8 Å². The van der Waals surface area contributed by atoms with Gasteiger partial charge >= 0.3 is 0 Å². The van der Waals surface area contributed by atoms with Crippen LogP contribution in [-0.4, -0.2) is 41.2 Å². The number of hydrogen-bond donors (Lipinski definition) is 1. The van der Waals surface area contributed by atoms with Gasteiger partial charge in [0, 0.05) is 48.4 Å². The average Bonchev–Trinajstić information content (AvgIpc) is 2.67. The van der Waals surface area contributed by atoms with E-state index in [1.165, 1.54) is 4.90 Å². The Morgan fingerprint density at radius 1 is 1.32 bits per heavy atom. The highest BCUT2D eigenvalue weighted by Crippen LogP contribution is 2.24. The Labute approximate surface area is 158 Å². The van der Waals surface area contributed by atoms with Crippen LogP contribution in [0.1, 0.15) is 24.4 Å². The van der Waals surface area contributed by atoms with E-state index in [2.05, 4.69) is 10.3 Å². The highest BCUT2D eigenvalue weighted by Gasteiger charge is 2.27. The average molecular weight is 376 g/mol. The maximum absolute atomic E-state index is 12.7. The number of carbonyl (C=O) groups is 1. The molecule has 0 saturated carbocycles. The highest BCUT2D eigenvalue weighted by atomic mass is 35.5. The Hall–Kier alpha value is -1.56. The van der Waals surface area contributed by atoms with Crippen molar-refractivity contribution in [1.82, 2.24) is 15.2 Å². The zero-order valence-electron chi connectivity index (χ0n) is 14.0. The topological polar surface area (TPSA) is 45.2 Å². The van der Waals surface area contributed by atoms with E-state index in [0.717, 1.165) is 42.4 Å². The zero-order valence-corrected chi connectivity index (χ0v) is 15.6. The summed E-state index contributed by atoms with van der Waals surface area (Å²) in [6.45, 7) is 2.39. The van der Waals surface area contributed by atoms with Crippen LogP contribution in [0.4, 0.5) is 0 Å². The van der Waals surface area contributed by atoms with Crippen LogP contribution in [-0.2, 0) is 4.79 Å². The van der Waals surface area contributed by atoms with E-state index >= 15 is 0 Å². The summed E-state index contributed by atoms with van der Waals surface area (Å²) in [6, 6.07) is 11.9. The minimum atomic E-state index is 0.0823. The molecule has 1 amide bonds. The van der Waals surface area contributed by atoms with Crippen molar-refractivity contribution < 1.29 is 4.79 Å². The number of pyridine rings is 1. The maximum Gasteiger partial charge on any atom is 0.223 e. The fourth-order valence-corrected chi connectivity index (χ4v) is 3.94. The third-order valence-corrected chi connectivity index (χ3v) is 5.60. The summed E-state index contributed by atoms with van der Waals surface area (Å²) in [7, 11) is 0. The van der Waals surface area contributed by atoms with Crippen LogP contribution in [0.2, 0.25) is 5.02 Å². The molecule has 1 fully saturated rings. The molecule has 6 heteroatoms. The van der Waals surface area contributed by atoms with Gasteiger partial charge in [-0.2, -0.15) is 0 Å². The molecule has 0 radical (unpaired) electrons. The second-order valence-corrected chi connectivity index (χ2v) is 7.60. The number of hydrogen-bond acceptors (Lipinski definition) is 4. The molecule has 25 heavy (non-hydrogen) atoms. The van der Waals surface area contributed by atoms with Crippen LogP contribution in [0, 0.1) is 0 Å². The van der Waals surface area contributed by atoms with Gasteiger partial charge in [-0.1, -0.05) is 17.7 Å². The molecule has 4 nitrogen and oxygen atoms in total. The number of piperazine rings is 1. The minimum absolute atomic E-state index is 0.0823. The van der Waals surface area contributed by atoms with Crippen molar-refractivity contribution in [3.8, 4) is 0 Å². The highest BCUT2D eigenvalue weighted by molar-refractivity contribution is 7.99. The third-order valence-electron chi connectivity index (χ3n) is 4.25. The first kappa shape index (κ1) is 18.2. The van der Waals surface area contributed by atoms with Gasteiger partial charge in [-0.05, 0) is 48.1 Å². The smallest absolute Gasteiger partial charge is 0.223 e. The van der Waals surface area contributed by atoms with E-state index in [1.54, 1.807) is 18.0 Å². The lowest BCUT2D eigenvalue weighted by Gasteiger charge is -2.36. The van der Waals surface area contributed by atoms with Gasteiger partial charge in [0.2, 0.25) is 5.91 Å². The normalized spacial score (nSPS) is 17.5. The second kappa shape index (κ2) is 9.22. The van der Waals surface area contributed by atoms with Crippen LogP contribution in [0.15, 0.2) is 53.7 Å². The first-order valence-electron chi connectivity index (χ1n) is 8.52. The van der Waals surface area contributed by atoms with Gasteiger partial charge in [-0.15, -0.1) is 11.8 Å². The summed E-state index contributed by atoms with van der Waals surface area (Å²) in [5.74, 6) is 1.16. The van der Waals surface area contributed by atoms with Gasteiger partial charge in [-0.25, -0.2) is 0 Å². The predicted octanol–water partition coefficient (Wildman–Crippen LogP) is 3.78. The number of nitrogens with one attached hydrogen (secondary N) is 1. The molecule has 3 rings (SSSR count). The van der Waals surface area contributed by atoms with Gasteiger partial charge in [0.05, 0.1) is 6.04 Å². The predicted molar refractivity (Wildman–Crippen MR) is 103 cm³/mol. The first-order valence-corrected chi connectivity index (χ1v) is 9.89.